The van der Waals surface area contributed by atoms with Crippen molar-refractivity contribution in [3.8, 4) is 0 Å². The van der Waals surface area contributed by atoms with Crippen LogP contribution in [0, 0.1) is 5.92 Å². The monoisotopic (exact) mass is 662 g/mol. The molecule has 0 bridgehead atoms. The first-order chi connectivity index (χ1) is 21.8. The Morgan fingerprint density at radius 2 is 1.63 bits per heavy atom. The number of rotatable bonds is 11. The van der Waals surface area contributed by atoms with Crippen molar-refractivity contribution in [2.45, 2.75) is 123 Å². The van der Waals surface area contributed by atoms with E-state index >= 15 is 0 Å². The summed E-state index contributed by atoms with van der Waals surface area (Å²) in [5, 5.41) is 83.2. The van der Waals surface area contributed by atoms with Crippen molar-refractivity contribution in [1.82, 2.24) is 16.0 Å². The molecule has 0 spiro atoms. The topological polar surface area (TPSA) is 310 Å². The van der Waals surface area contributed by atoms with Crippen LogP contribution in [-0.2, 0) is 23.7 Å². The Kier molecular flexibility index (Phi) is 11.2. The third kappa shape index (κ3) is 7.21. The largest absolute Gasteiger partial charge is 0.515 e. The van der Waals surface area contributed by atoms with Gasteiger partial charge in [0, 0.05) is 36.7 Å². The number of aliphatic hydroxyl groups excluding tert-OH is 6. The van der Waals surface area contributed by atoms with E-state index in [2.05, 4.69) is 16.0 Å². The number of nitrogens with one attached hydrogen (secondary N) is 3. The van der Waals surface area contributed by atoms with E-state index in [1.807, 2.05) is 0 Å². The molecule has 264 valence electrons. The predicted octanol–water partition coefficient (Wildman–Crippen LogP) is -6.32. The molecule has 5 fully saturated rings. The van der Waals surface area contributed by atoms with Gasteiger partial charge in [-0.15, -0.1) is 0 Å². The highest BCUT2D eigenvalue weighted by atomic mass is 16.7. The first kappa shape index (κ1) is 35.7. The van der Waals surface area contributed by atoms with Gasteiger partial charge < -0.3 is 87.8 Å². The number of likely N-dealkylation sites (N-methyl/N-ethyl adjacent to an activating group) is 1. The van der Waals surface area contributed by atoms with Crippen LogP contribution in [0.3, 0.4) is 0 Å². The average molecular weight is 663 g/mol. The maximum Gasteiger partial charge on any atom is 0.253 e. The maximum absolute atomic E-state index is 12.9. The van der Waals surface area contributed by atoms with Gasteiger partial charge in [0.15, 0.2) is 18.2 Å². The van der Waals surface area contributed by atoms with Crippen LogP contribution in [-0.4, -0.2) is 166 Å². The molecular formula is C28H50N6O12. The Morgan fingerprint density at radius 3 is 2.24 bits per heavy atom. The quantitative estimate of drug-likeness (QED) is 0.0915. The fourth-order valence-electron chi connectivity index (χ4n) is 6.80. The first-order valence-corrected chi connectivity index (χ1v) is 15.8. The van der Waals surface area contributed by atoms with Crippen LogP contribution in [0.15, 0.2) is 11.8 Å². The molecule has 3 unspecified atom stereocenters. The SMILES string of the molecule is CN[C@H]1/C(=C\O)CO[C@H](O[C@H]2[C@H](NC(=O)C3(O)CC3N)C[C@H](N)C(O[C@H]3O[C@H](CNCC4CC(N)C4)[C@@H](O)[C@H](O)[C@H]3O)[C@@H]2O)[C@@H]1O. The van der Waals surface area contributed by atoms with E-state index in [4.69, 9.17) is 36.1 Å². The number of amides is 1. The van der Waals surface area contributed by atoms with E-state index in [-0.39, 0.29) is 32.0 Å². The van der Waals surface area contributed by atoms with Crippen molar-refractivity contribution < 1.29 is 59.5 Å². The number of nitrogens with two attached hydrogens (primary N) is 3. The smallest absolute Gasteiger partial charge is 0.253 e. The molecular weight excluding hydrogens is 612 g/mol. The first-order valence-electron chi connectivity index (χ1n) is 15.8. The van der Waals surface area contributed by atoms with Gasteiger partial charge in [0.05, 0.1) is 25.0 Å². The summed E-state index contributed by atoms with van der Waals surface area (Å²) in [6, 6.07) is -3.37. The van der Waals surface area contributed by atoms with Crippen molar-refractivity contribution in [3.63, 3.8) is 0 Å². The van der Waals surface area contributed by atoms with E-state index in [1.165, 1.54) is 0 Å². The van der Waals surface area contributed by atoms with E-state index in [0.717, 1.165) is 19.1 Å². The Morgan fingerprint density at radius 1 is 0.957 bits per heavy atom. The number of carbonyl (C=O) groups excluding carboxylic acids is 1. The summed E-state index contributed by atoms with van der Waals surface area (Å²) in [5.74, 6) is -0.403. The molecule has 2 saturated heterocycles. The zero-order chi connectivity index (χ0) is 33.5. The molecule has 0 radical (unpaired) electrons. The predicted molar refractivity (Wildman–Crippen MR) is 157 cm³/mol. The molecule has 2 aliphatic heterocycles. The molecule has 3 saturated carbocycles. The summed E-state index contributed by atoms with van der Waals surface area (Å²) in [6.45, 7) is 0.638. The van der Waals surface area contributed by atoms with Crippen molar-refractivity contribution in [2.75, 3.05) is 26.7 Å². The fourth-order valence-corrected chi connectivity index (χ4v) is 6.80. The van der Waals surface area contributed by atoms with Crippen molar-refractivity contribution in [1.29, 1.82) is 0 Å². The van der Waals surface area contributed by atoms with Crippen LogP contribution in [0.4, 0.5) is 0 Å². The summed E-state index contributed by atoms with van der Waals surface area (Å²) in [5.41, 5.74) is 16.6. The molecule has 16 N–H and O–H groups in total. The molecule has 18 heteroatoms. The molecule has 1 amide bonds. The number of ether oxygens (including phenoxy) is 4. The minimum absolute atomic E-state index is 0.0390. The van der Waals surface area contributed by atoms with E-state index in [1.54, 1.807) is 7.05 Å². The molecule has 18 nitrogen and oxygen atoms in total. The molecule has 2 heterocycles. The lowest BCUT2D eigenvalue weighted by atomic mass is 9.81. The van der Waals surface area contributed by atoms with Gasteiger partial charge in [-0.1, -0.05) is 0 Å². The van der Waals surface area contributed by atoms with E-state index in [0.29, 0.717) is 18.0 Å². The van der Waals surface area contributed by atoms with Crippen LogP contribution >= 0.6 is 0 Å². The standard InChI is InChI=1S/C28H50N6O12/c1-32-17-11(8-35)9-43-25(19(17)37)46-24-14(34-27(41)28(42)5-16(28)31)4-13(30)23(22(24)40)45-26-21(39)20(38)18(36)15(44-26)7-33-6-10-2-12(29)3-10/h8,10,12-26,32-33,35-40,42H,2-7,9,29-31H2,1H3,(H,34,41)/b11-8-/t10?,12?,13-,14+,15+,16?,17-,18+,19+,20-,21+,22-,23?,24-,25+,26+,28?/m0/s1. The Hall–Kier alpha value is -1.59. The summed E-state index contributed by atoms with van der Waals surface area (Å²) in [4.78, 5) is 12.9. The van der Waals surface area contributed by atoms with E-state index < -0.39 is 97.1 Å². The normalized spacial score (nSPS) is 50.2. The summed E-state index contributed by atoms with van der Waals surface area (Å²) < 4.78 is 23.5. The summed E-state index contributed by atoms with van der Waals surface area (Å²) >= 11 is 0. The van der Waals surface area contributed by atoms with Gasteiger partial charge >= 0.3 is 0 Å². The van der Waals surface area contributed by atoms with Gasteiger partial charge in [0.1, 0.15) is 48.8 Å². The van der Waals surface area contributed by atoms with Crippen molar-refractivity contribution in [3.05, 3.63) is 11.8 Å². The number of hydrogen-bond acceptors (Lipinski definition) is 17. The molecule has 3 aliphatic carbocycles. The summed E-state index contributed by atoms with van der Waals surface area (Å²) in [6.07, 6.45) is -11.7. The number of hydrogen-bond donors (Lipinski definition) is 13. The minimum Gasteiger partial charge on any atom is -0.515 e. The van der Waals surface area contributed by atoms with Crippen molar-refractivity contribution >= 4 is 5.91 Å². The molecule has 0 aromatic carbocycles. The van der Waals surface area contributed by atoms with Crippen LogP contribution in [0.1, 0.15) is 25.7 Å². The Labute approximate surface area is 266 Å². The number of aliphatic hydroxyl groups is 7. The summed E-state index contributed by atoms with van der Waals surface area (Å²) in [7, 11) is 1.56. The lowest BCUT2D eigenvalue weighted by molar-refractivity contribution is -0.326. The second-order valence-corrected chi connectivity index (χ2v) is 13.3. The molecule has 0 aromatic rings. The minimum atomic E-state index is -1.80. The Bertz CT molecular complexity index is 1090. The highest BCUT2D eigenvalue weighted by molar-refractivity contribution is 5.89. The van der Waals surface area contributed by atoms with Crippen LogP contribution in [0.25, 0.3) is 0 Å². The van der Waals surface area contributed by atoms with Gasteiger partial charge in [-0.2, -0.15) is 0 Å². The van der Waals surface area contributed by atoms with Crippen LogP contribution in [0.5, 0.6) is 0 Å². The third-order valence-electron chi connectivity index (χ3n) is 9.92. The molecule has 15 atom stereocenters. The highest BCUT2D eigenvalue weighted by Gasteiger charge is 2.59. The highest BCUT2D eigenvalue weighted by Crippen LogP contribution is 2.36. The lowest BCUT2D eigenvalue weighted by Crippen LogP contribution is -2.69. The second kappa shape index (κ2) is 14.5. The van der Waals surface area contributed by atoms with Gasteiger partial charge in [0.25, 0.3) is 5.91 Å². The molecule has 5 rings (SSSR count). The second-order valence-electron chi connectivity index (χ2n) is 13.3. The van der Waals surface area contributed by atoms with Crippen LogP contribution < -0.4 is 33.2 Å². The van der Waals surface area contributed by atoms with E-state index in [9.17, 15) is 40.5 Å². The van der Waals surface area contributed by atoms with Crippen LogP contribution in [0.2, 0.25) is 0 Å². The van der Waals surface area contributed by atoms with Gasteiger partial charge in [-0.3, -0.25) is 4.79 Å². The zero-order valence-electron chi connectivity index (χ0n) is 25.7. The molecule has 0 aromatic heterocycles. The Balaban J connectivity index is 1.30. The molecule has 5 aliphatic rings. The maximum atomic E-state index is 12.9. The molecule has 46 heavy (non-hydrogen) atoms. The average Bonchev–Trinajstić information content (AvgIpc) is 3.64. The fraction of sp³-hybridized carbons (Fsp3) is 0.893. The van der Waals surface area contributed by atoms with Gasteiger partial charge in [0.2, 0.25) is 0 Å². The third-order valence-corrected chi connectivity index (χ3v) is 9.92. The zero-order valence-corrected chi connectivity index (χ0v) is 25.7. The lowest BCUT2D eigenvalue weighted by Gasteiger charge is -2.48. The van der Waals surface area contributed by atoms with Gasteiger partial charge in [-0.05, 0) is 38.8 Å². The van der Waals surface area contributed by atoms with Gasteiger partial charge in [-0.25, -0.2) is 0 Å². The van der Waals surface area contributed by atoms with Crippen molar-refractivity contribution in [2.24, 2.45) is 23.1 Å². The number of carbonyl (C=O) groups is 1.